The molecular formula is C22H18ClF3N2O2. The van der Waals surface area contributed by atoms with E-state index in [4.69, 9.17) is 11.6 Å². The molecule has 1 fully saturated rings. The van der Waals surface area contributed by atoms with Crippen molar-refractivity contribution in [3.05, 3.63) is 64.6 Å². The van der Waals surface area contributed by atoms with Gasteiger partial charge in [-0.2, -0.15) is 0 Å². The second-order valence-corrected chi connectivity index (χ2v) is 7.94. The first kappa shape index (κ1) is 20.5. The number of hydrogen-bond donors (Lipinski definition) is 2. The Morgan fingerprint density at radius 3 is 2.60 bits per heavy atom. The van der Waals surface area contributed by atoms with Gasteiger partial charge in [-0.15, -0.1) is 0 Å². The van der Waals surface area contributed by atoms with Gasteiger partial charge in [-0.25, -0.2) is 18.0 Å². The molecule has 0 spiro atoms. The predicted octanol–water partition coefficient (Wildman–Crippen LogP) is 6.76. The summed E-state index contributed by atoms with van der Waals surface area (Å²) in [5, 5.41) is 13.4. The molecule has 4 nitrogen and oxygen atoms in total. The van der Waals surface area contributed by atoms with Crippen molar-refractivity contribution in [3.8, 4) is 0 Å². The molecule has 0 unspecified atom stereocenters. The van der Waals surface area contributed by atoms with Crippen LogP contribution >= 0.6 is 11.6 Å². The zero-order valence-corrected chi connectivity index (χ0v) is 16.5. The van der Waals surface area contributed by atoms with Crippen LogP contribution in [-0.4, -0.2) is 22.0 Å². The second-order valence-electron chi connectivity index (χ2n) is 7.50. The van der Waals surface area contributed by atoms with E-state index in [-0.39, 0.29) is 47.9 Å². The molecule has 30 heavy (non-hydrogen) atoms. The number of alkyl halides is 2. The third-order valence-corrected chi connectivity index (χ3v) is 5.72. The first-order valence-corrected chi connectivity index (χ1v) is 9.87. The highest BCUT2D eigenvalue weighted by atomic mass is 35.5. The Morgan fingerprint density at radius 1 is 1.17 bits per heavy atom. The van der Waals surface area contributed by atoms with Crippen molar-refractivity contribution in [2.45, 2.75) is 37.5 Å². The highest BCUT2D eigenvalue weighted by Gasteiger charge is 2.36. The van der Waals surface area contributed by atoms with Crippen molar-refractivity contribution >= 4 is 39.8 Å². The lowest BCUT2D eigenvalue weighted by atomic mass is 9.81. The minimum absolute atomic E-state index is 0.0509. The summed E-state index contributed by atoms with van der Waals surface area (Å²) in [4.78, 5) is 16.1. The zero-order valence-electron chi connectivity index (χ0n) is 15.8. The highest BCUT2D eigenvalue weighted by Crippen LogP contribution is 2.45. The van der Waals surface area contributed by atoms with Crippen molar-refractivity contribution in [1.29, 1.82) is 0 Å². The van der Waals surface area contributed by atoms with Crippen LogP contribution in [0.3, 0.4) is 0 Å². The number of rotatable bonds is 4. The Labute approximate surface area is 175 Å². The Kier molecular flexibility index (Phi) is 5.32. The summed E-state index contributed by atoms with van der Waals surface area (Å²) in [6, 6.07) is 8.50. The van der Waals surface area contributed by atoms with Crippen molar-refractivity contribution < 1.29 is 23.1 Å². The summed E-state index contributed by atoms with van der Waals surface area (Å²) in [7, 11) is 0. The summed E-state index contributed by atoms with van der Waals surface area (Å²) in [6.07, 6.45) is 1.65. The maximum atomic E-state index is 14.0. The quantitative estimate of drug-likeness (QED) is 0.476. The Hall–Kier alpha value is -2.80. The van der Waals surface area contributed by atoms with Crippen LogP contribution in [0.5, 0.6) is 0 Å². The molecule has 156 valence electrons. The van der Waals surface area contributed by atoms with Gasteiger partial charge in [0, 0.05) is 29.4 Å². The monoisotopic (exact) mass is 434 g/mol. The summed E-state index contributed by atoms with van der Waals surface area (Å²) < 4.78 is 41.4. The number of nitrogens with zero attached hydrogens (tertiary/aromatic N) is 1. The number of aromatic nitrogens is 1. The second kappa shape index (κ2) is 7.80. The third-order valence-electron chi connectivity index (χ3n) is 5.49. The van der Waals surface area contributed by atoms with E-state index in [1.807, 2.05) is 0 Å². The fourth-order valence-electron chi connectivity index (χ4n) is 3.92. The summed E-state index contributed by atoms with van der Waals surface area (Å²) in [6.45, 7) is 0. The molecule has 2 aromatic carbocycles. The number of pyridine rings is 1. The minimum atomic E-state index is -2.69. The fraction of sp³-hybridized carbons (Fsp3) is 0.273. The molecule has 1 aliphatic carbocycles. The van der Waals surface area contributed by atoms with Gasteiger partial charge in [0.1, 0.15) is 5.82 Å². The number of aromatic carboxylic acids is 1. The molecule has 1 aromatic heterocycles. The number of carboxylic acids is 1. The SMILES string of the molecule is O=C(O)c1cc(Cl)ccc1Nc1c(C2CCC(F)(F)CC2)cnc2ccc(F)cc12. The maximum absolute atomic E-state index is 14.0. The van der Waals surface area contributed by atoms with Gasteiger partial charge in [0.15, 0.2) is 0 Å². The summed E-state index contributed by atoms with van der Waals surface area (Å²) in [5.74, 6) is -4.54. The van der Waals surface area contributed by atoms with Crippen LogP contribution in [0.15, 0.2) is 42.6 Å². The molecule has 3 aromatic rings. The van der Waals surface area contributed by atoms with Crippen molar-refractivity contribution in [1.82, 2.24) is 4.98 Å². The van der Waals surface area contributed by atoms with Gasteiger partial charge in [-0.3, -0.25) is 4.98 Å². The van der Waals surface area contributed by atoms with Crippen molar-refractivity contribution in [3.63, 3.8) is 0 Å². The van der Waals surface area contributed by atoms with Crippen LogP contribution in [0.4, 0.5) is 24.5 Å². The van der Waals surface area contributed by atoms with E-state index in [1.54, 1.807) is 12.3 Å². The molecule has 0 bridgehead atoms. The Balaban J connectivity index is 1.85. The first-order chi connectivity index (χ1) is 14.2. The molecule has 4 rings (SSSR count). The van der Waals surface area contributed by atoms with Gasteiger partial charge in [0.25, 0.3) is 0 Å². The first-order valence-electron chi connectivity index (χ1n) is 9.49. The van der Waals surface area contributed by atoms with E-state index in [9.17, 15) is 23.1 Å². The molecule has 1 heterocycles. The summed E-state index contributed by atoms with van der Waals surface area (Å²) >= 11 is 5.94. The van der Waals surface area contributed by atoms with Gasteiger partial charge in [0.2, 0.25) is 5.92 Å². The Morgan fingerprint density at radius 2 is 1.90 bits per heavy atom. The van der Waals surface area contributed by atoms with E-state index in [0.717, 1.165) is 0 Å². The molecule has 1 aliphatic rings. The molecule has 8 heteroatoms. The number of carbonyl (C=O) groups is 1. The van der Waals surface area contributed by atoms with Gasteiger partial charge < -0.3 is 10.4 Å². The lowest BCUT2D eigenvalue weighted by Crippen LogP contribution is -2.24. The van der Waals surface area contributed by atoms with Crippen LogP contribution in [-0.2, 0) is 0 Å². The lowest BCUT2D eigenvalue weighted by Gasteiger charge is -2.30. The Bertz CT molecular complexity index is 1130. The number of halogens is 4. The van der Waals surface area contributed by atoms with E-state index in [1.165, 1.54) is 30.3 Å². The molecule has 0 aliphatic heterocycles. The number of benzene rings is 2. The average Bonchev–Trinajstić information content (AvgIpc) is 2.69. The van der Waals surface area contributed by atoms with Crippen LogP contribution in [0.25, 0.3) is 10.9 Å². The van der Waals surface area contributed by atoms with E-state index >= 15 is 0 Å². The molecule has 2 N–H and O–H groups in total. The van der Waals surface area contributed by atoms with Crippen LogP contribution in [0.1, 0.15) is 47.5 Å². The highest BCUT2D eigenvalue weighted by molar-refractivity contribution is 6.31. The van der Waals surface area contributed by atoms with E-state index < -0.39 is 17.7 Å². The summed E-state index contributed by atoms with van der Waals surface area (Å²) in [5.41, 5.74) is 1.86. The predicted molar refractivity (Wildman–Crippen MR) is 110 cm³/mol. The van der Waals surface area contributed by atoms with Gasteiger partial charge >= 0.3 is 5.97 Å². The van der Waals surface area contributed by atoms with E-state index in [2.05, 4.69) is 10.3 Å². The zero-order chi connectivity index (χ0) is 21.5. The number of fused-ring (bicyclic) bond motifs is 1. The fourth-order valence-corrected chi connectivity index (χ4v) is 4.09. The van der Waals surface area contributed by atoms with Crippen LogP contribution < -0.4 is 5.32 Å². The van der Waals surface area contributed by atoms with E-state index in [0.29, 0.717) is 22.2 Å². The van der Waals surface area contributed by atoms with Gasteiger partial charge in [0.05, 0.1) is 22.5 Å². The third kappa shape index (κ3) is 4.07. The van der Waals surface area contributed by atoms with Crippen LogP contribution in [0, 0.1) is 5.82 Å². The largest absolute Gasteiger partial charge is 0.478 e. The average molecular weight is 435 g/mol. The molecule has 1 saturated carbocycles. The number of hydrogen-bond acceptors (Lipinski definition) is 3. The van der Waals surface area contributed by atoms with Crippen LogP contribution in [0.2, 0.25) is 5.02 Å². The molecule has 0 atom stereocenters. The van der Waals surface area contributed by atoms with Gasteiger partial charge in [-0.1, -0.05) is 11.6 Å². The number of carboxylic acid groups (broad SMARTS) is 1. The normalized spacial score (nSPS) is 16.5. The molecule has 0 amide bonds. The molecule has 0 radical (unpaired) electrons. The standard InChI is InChI=1S/C22H18ClF3N2O2/c23-13-1-3-19(16(9-13)21(29)30)28-20-15-10-14(24)2-4-18(15)27-11-17(20)12-5-7-22(25,26)8-6-12/h1-4,9-12H,5-8H2,(H,27,28)(H,29,30). The lowest BCUT2D eigenvalue weighted by molar-refractivity contribution is -0.0381. The number of nitrogens with one attached hydrogen (secondary N) is 1. The van der Waals surface area contributed by atoms with Crippen molar-refractivity contribution in [2.24, 2.45) is 0 Å². The minimum Gasteiger partial charge on any atom is -0.478 e. The molecule has 0 saturated heterocycles. The molecular weight excluding hydrogens is 417 g/mol. The topological polar surface area (TPSA) is 62.2 Å². The smallest absolute Gasteiger partial charge is 0.337 e. The maximum Gasteiger partial charge on any atom is 0.337 e. The van der Waals surface area contributed by atoms with Gasteiger partial charge in [-0.05, 0) is 60.7 Å². The number of anilines is 2. The van der Waals surface area contributed by atoms with Crippen molar-refractivity contribution in [2.75, 3.05) is 5.32 Å².